The lowest BCUT2D eigenvalue weighted by Crippen LogP contribution is -2.34. The normalized spacial score (nSPS) is 14.9. The van der Waals surface area contributed by atoms with Gasteiger partial charge in [-0.3, -0.25) is 0 Å². The molecule has 6 nitrogen and oxygen atoms in total. The fraction of sp³-hybridized carbons (Fsp3) is 0.250. The number of rotatable bonds is 3. The smallest absolute Gasteiger partial charge is 0.356 e. The second-order valence-corrected chi connectivity index (χ2v) is 3.78. The van der Waals surface area contributed by atoms with Crippen LogP contribution >= 0.6 is 0 Å². The van der Waals surface area contributed by atoms with Gasteiger partial charge in [-0.25, -0.2) is 14.8 Å². The van der Waals surface area contributed by atoms with Crippen molar-refractivity contribution in [2.24, 2.45) is 10.1 Å². The molecule has 1 aromatic rings. The first-order chi connectivity index (χ1) is 8.68. The van der Waals surface area contributed by atoms with Gasteiger partial charge in [-0.15, -0.1) is 0 Å². The molecular weight excluding hydrogens is 232 g/mol. The van der Waals surface area contributed by atoms with Crippen LogP contribution in [0.2, 0.25) is 0 Å². The first-order valence-electron chi connectivity index (χ1n) is 5.58. The molecule has 2 rings (SSSR count). The predicted molar refractivity (Wildman–Crippen MR) is 68.7 cm³/mol. The topological polar surface area (TPSA) is 77.3 Å². The summed E-state index contributed by atoms with van der Waals surface area (Å²) in [6.07, 6.45) is 0. The third-order valence-corrected chi connectivity index (χ3v) is 2.46. The summed E-state index contributed by atoms with van der Waals surface area (Å²) in [7, 11) is 1.67. The van der Waals surface area contributed by atoms with E-state index in [0.29, 0.717) is 18.1 Å². The summed E-state index contributed by atoms with van der Waals surface area (Å²) in [5.74, 6) is -0.476. The van der Waals surface area contributed by atoms with Gasteiger partial charge in [0.1, 0.15) is 0 Å². The zero-order valence-corrected chi connectivity index (χ0v) is 10.00. The SMILES string of the molecule is CN(/N=C(/C(=O)O)c1ccccc1)C1=NCCN1. The van der Waals surface area contributed by atoms with E-state index in [9.17, 15) is 9.90 Å². The fourth-order valence-electron chi connectivity index (χ4n) is 1.62. The maximum atomic E-state index is 11.2. The van der Waals surface area contributed by atoms with Crippen LogP contribution in [-0.2, 0) is 4.79 Å². The second kappa shape index (κ2) is 5.31. The number of nitrogens with zero attached hydrogens (tertiary/aromatic N) is 3. The highest BCUT2D eigenvalue weighted by Gasteiger charge is 2.16. The number of carboxylic acids is 1. The van der Waals surface area contributed by atoms with Crippen LogP contribution in [0, 0.1) is 0 Å². The van der Waals surface area contributed by atoms with Crippen LogP contribution in [-0.4, -0.2) is 47.9 Å². The third-order valence-electron chi connectivity index (χ3n) is 2.46. The van der Waals surface area contributed by atoms with E-state index < -0.39 is 5.97 Å². The van der Waals surface area contributed by atoms with Crippen molar-refractivity contribution in [1.29, 1.82) is 0 Å². The van der Waals surface area contributed by atoms with Crippen molar-refractivity contribution in [3.8, 4) is 0 Å². The van der Waals surface area contributed by atoms with E-state index in [1.807, 2.05) is 6.07 Å². The van der Waals surface area contributed by atoms with Crippen molar-refractivity contribution in [3.63, 3.8) is 0 Å². The number of carbonyl (C=O) groups is 1. The fourth-order valence-corrected chi connectivity index (χ4v) is 1.62. The minimum absolute atomic E-state index is 0.00509. The molecule has 0 aromatic heterocycles. The molecule has 0 unspecified atom stereocenters. The molecule has 1 aliphatic rings. The number of aliphatic imine (C=N–C) groups is 1. The average molecular weight is 246 g/mol. The molecule has 0 spiro atoms. The molecular formula is C12H14N4O2. The summed E-state index contributed by atoms with van der Waals surface area (Å²) in [6, 6.07) is 8.81. The number of hydrazone groups is 1. The molecule has 6 heteroatoms. The Kier molecular flexibility index (Phi) is 3.57. The minimum atomic E-state index is -1.06. The lowest BCUT2D eigenvalue weighted by atomic mass is 10.1. The van der Waals surface area contributed by atoms with Gasteiger partial charge in [0.15, 0.2) is 5.71 Å². The highest BCUT2D eigenvalue weighted by molar-refractivity contribution is 6.42. The van der Waals surface area contributed by atoms with Crippen molar-refractivity contribution in [1.82, 2.24) is 10.3 Å². The number of hydrogen-bond donors (Lipinski definition) is 2. The Hall–Kier alpha value is -2.37. The maximum Gasteiger partial charge on any atom is 0.356 e. The average Bonchev–Trinajstić information content (AvgIpc) is 2.90. The van der Waals surface area contributed by atoms with E-state index in [1.54, 1.807) is 31.3 Å². The van der Waals surface area contributed by atoms with Crippen molar-refractivity contribution >= 4 is 17.6 Å². The number of hydrogen-bond acceptors (Lipinski definition) is 5. The standard InChI is InChI=1S/C12H14N4O2/c1-16(12-13-7-8-14-12)15-10(11(17)18)9-5-3-2-4-6-9/h2-6H,7-8H2,1H3,(H,13,14)(H,17,18)/b15-10+. The van der Waals surface area contributed by atoms with Gasteiger partial charge in [0, 0.05) is 19.2 Å². The van der Waals surface area contributed by atoms with Crippen LogP contribution < -0.4 is 5.32 Å². The van der Waals surface area contributed by atoms with Gasteiger partial charge in [-0.2, -0.15) is 5.10 Å². The quantitative estimate of drug-likeness (QED) is 0.596. The number of benzene rings is 1. The van der Waals surface area contributed by atoms with Gasteiger partial charge in [0.2, 0.25) is 5.96 Å². The van der Waals surface area contributed by atoms with E-state index >= 15 is 0 Å². The Labute approximate surface area is 105 Å². The zero-order valence-electron chi connectivity index (χ0n) is 10.00. The Bertz CT molecular complexity index is 496. The van der Waals surface area contributed by atoms with Crippen molar-refractivity contribution in [2.45, 2.75) is 0 Å². The molecule has 0 atom stereocenters. The number of guanidine groups is 1. The molecule has 0 radical (unpaired) electrons. The summed E-state index contributed by atoms with van der Waals surface area (Å²) in [5.41, 5.74) is 0.560. The van der Waals surface area contributed by atoms with Crippen LogP contribution in [0.15, 0.2) is 40.4 Å². The molecule has 1 aliphatic heterocycles. The van der Waals surface area contributed by atoms with Gasteiger partial charge < -0.3 is 10.4 Å². The lowest BCUT2D eigenvalue weighted by molar-refractivity contribution is -0.129. The number of carboxylic acid groups (broad SMARTS) is 1. The first kappa shape index (κ1) is 12.1. The lowest BCUT2D eigenvalue weighted by Gasteiger charge is -2.14. The molecule has 0 saturated heterocycles. The number of nitrogens with one attached hydrogen (secondary N) is 1. The first-order valence-corrected chi connectivity index (χ1v) is 5.58. The summed E-state index contributed by atoms with van der Waals surface area (Å²) in [6.45, 7) is 1.44. The van der Waals surface area contributed by atoms with E-state index in [2.05, 4.69) is 15.4 Å². The summed E-state index contributed by atoms with van der Waals surface area (Å²) in [5, 5.41) is 17.8. The molecule has 0 bridgehead atoms. The molecule has 0 fully saturated rings. The third kappa shape index (κ3) is 2.65. The Morgan fingerprint density at radius 2 is 2.17 bits per heavy atom. The highest BCUT2D eigenvalue weighted by Crippen LogP contribution is 2.04. The Balaban J connectivity index is 2.28. The molecule has 94 valence electrons. The summed E-state index contributed by atoms with van der Waals surface area (Å²) < 4.78 is 0. The predicted octanol–water partition coefficient (Wildman–Crippen LogP) is 0.366. The second-order valence-electron chi connectivity index (χ2n) is 3.78. The van der Waals surface area contributed by atoms with E-state index in [1.165, 1.54) is 5.01 Å². The molecule has 18 heavy (non-hydrogen) atoms. The van der Waals surface area contributed by atoms with Crippen molar-refractivity contribution < 1.29 is 9.90 Å². The van der Waals surface area contributed by atoms with Gasteiger partial charge in [0.25, 0.3) is 0 Å². The Morgan fingerprint density at radius 1 is 1.44 bits per heavy atom. The van der Waals surface area contributed by atoms with E-state index in [4.69, 9.17) is 0 Å². The van der Waals surface area contributed by atoms with Gasteiger partial charge in [0.05, 0.1) is 6.54 Å². The number of aliphatic carboxylic acids is 1. The monoisotopic (exact) mass is 246 g/mol. The molecule has 1 aromatic carbocycles. The molecule has 0 aliphatic carbocycles. The van der Waals surface area contributed by atoms with Gasteiger partial charge in [-0.1, -0.05) is 30.3 Å². The molecule has 0 saturated carbocycles. The van der Waals surface area contributed by atoms with Gasteiger partial charge >= 0.3 is 5.97 Å². The molecule has 2 N–H and O–H groups in total. The Morgan fingerprint density at radius 3 is 2.72 bits per heavy atom. The van der Waals surface area contributed by atoms with Crippen LogP contribution in [0.3, 0.4) is 0 Å². The van der Waals surface area contributed by atoms with Crippen LogP contribution in [0.4, 0.5) is 0 Å². The largest absolute Gasteiger partial charge is 0.476 e. The van der Waals surface area contributed by atoms with Crippen molar-refractivity contribution in [2.75, 3.05) is 20.1 Å². The molecule has 1 heterocycles. The summed E-state index contributed by atoms with van der Waals surface area (Å²) in [4.78, 5) is 15.4. The highest BCUT2D eigenvalue weighted by atomic mass is 16.4. The van der Waals surface area contributed by atoms with E-state index in [0.717, 1.165) is 6.54 Å². The van der Waals surface area contributed by atoms with Crippen molar-refractivity contribution in [3.05, 3.63) is 35.9 Å². The van der Waals surface area contributed by atoms with Crippen LogP contribution in [0.25, 0.3) is 0 Å². The molecule has 0 amide bonds. The van der Waals surface area contributed by atoms with Crippen LogP contribution in [0.1, 0.15) is 5.56 Å². The zero-order chi connectivity index (χ0) is 13.0. The summed E-state index contributed by atoms with van der Waals surface area (Å²) >= 11 is 0. The van der Waals surface area contributed by atoms with Crippen LogP contribution in [0.5, 0.6) is 0 Å². The minimum Gasteiger partial charge on any atom is -0.476 e. The van der Waals surface area contributed by atoms with E-state index in [-0.39, 0.29) is 5.71 Å². The maximum absolute atomic E-state index is 11.2. The van der Waals surface area contributed by atoms with Gasteiger partial charge in [-0.05, 0) is 0 Å².